The van der Waals surface area contributed by atoms with Crippen LogP contribution in [0.1, 0.15) is 52.4 Å². The third kappa shape index (κ3) is 1.32. The van der Waals surface area contributed by atoms with Crippen molar-refractivity contribution in [1.29, 1.82) is 0 Å². The predicted molar refractivity (Wildman–Crippen MR) is 61.2 cm³/mol. The van der Waals surface area contributed by atoms with E-state index in [-0.39, 0.29) is 5.60 Å². The smallest absolute Gasteiger partial charge is 0.0920 e. The zero-order valence-corrected chi connectivity index (χ0v) is 10.4. The summed E-state index contributed by atoms with van der Waals surface area (Å²) in [5.41, 5.74) is 0.824. The largest absolute Gasteiger partial charge is 0.370 e. The molecule has 0 radical (unpaired) electrons. The van der Waals surface area contributed by atoms with E-state index in [2.05, 4.69) is 13.8 Å². The van der Waals surface area contributed by atoms with Crippen molar-refractivity contribution in [1.82, 2.24) is 0 Å². The van der Waals surface area contributed by atoms with E-state index in [0.717, 1.165) is 5.92 Å². The standard InChI is InChI=1S/C14H22O2/c1-13(5-4-10-11(8-13)15-10)9-3-6-14(2)12(7-9)16-14/h9-12H,3-8H2,1-2H3. The molecule has 2 heteroatoms. The van der Waals surface area contributed by atoms with E-state index in [0.29, 0.717) is 23.7 Å². The van der Waals surface area contributed by atoms with Crippen LogP contribution >= 0.6 is 0 Å². The first-order valence-electron chi connectivity index (χ1n) is 6.92. The lowest BCUT2D eigenvalue weighted by molar-refractivity contribution is 0.0981. The van der Waals surface area contributed by atoms with Gasteiger partial charge in [0.2, 0.25) is 0 Å². The van der Waals surface area contributed by atoms with Gasteiger partial charge < -0.3 is 9.47 Å². The van der Waals surface area contributed by atoms with Gasteiger partial charge in [0.15, 0.2) is 0 Å². The maximum absolute atomic E-state index is 5.84. The number of epoxide rings is 2. The minimum atomic E-state index is 0.278. The highest BCUT2D eigenvalue weighted by atomic mass is 16.6. The highest BCUT2D eigenvalue weighted by Crippen LogP contribution is 2.58. The third-order valence-corrected chi connectivity index (χ3v) is 5.86. The maximum atomic E-state index is 5.84. The average molecular weight is 222 g/mol. The molecule has 6 unspecified atom stereocenters. The van der Waals surface area contributed by atoms with Crippen LogP contribution in [0, 0.1) is 11.3 Å². The summed E-state index contributed by atoms with van der Waals surface area (Å²) in [6, 6.07) is 0. The van der Waals surface area contributed by atoms with Gasteiger partial charge >= 0.3 is 0 Å². The number of hydrogen-bond donors (Lipinski definition) is 0. The van der Waals surface area contributed by atoms with Gasteiger partial charge in [-0.15, -0.1) is 0 Å². The normalized spacial score (nSPS) is 63.4. The molecule has 0 aromatic rings. The van der Waals surface area contributed by atoms with Crippen molar-refractivity contribution >= 4 is 0 Å². The molecule has 0 aromatic heterocycles. The van der Waals surface area contributed by atoms with E-state index in [9.17, 15) is 0 Å². The van der Waals surface area contributed by atoms with Crippen LogP contribution in [-0.2, 0) is 9.47 Å². The van der Waals surface area contributed by atoms with Crippen LogP contribution in [0.3, 0.4) is 0 Å². The first-order valence-corrected chi connectivity index (χ1v) is 6.92. The molecule has 4 fully saturated rings. The second kappa shape index (κ2) is 2.84. The maximum Gasteiger partial charge on any atom is 0.0920 e. The molecule has 0 N–H and O–H groups in total. The summed E-state index contributed by atoms with van der Waals surface area (Å²) >= 11 is 0. The Labute approximate surface area is 97.7 Å². The molecule has 2 nitrogen and oxygen atoms in total. The molecule has 2 saturated carbocycles. The summed E-state index contributed by atoms with van der Waals surface area (Å²) in [6.07, 6.45) is 9.80. The van der Waals surface area contributed by atoms with Gasteiger partial charge in [-0.05, 0) is 56.8 Å². The Morgan fingerprint density at radius 3 is 2.69 bits per heavy atom. The van der Waals surface area contributed by atoms with Gasteiger partial charge in [0.1, 0.15) is 0 Å². The van der Waals surface area contributed by atoms with Gasteiger partial charge in [-0.1, -0.05) is 6.92 Å². The molecule has 2 saturated heterocycles. The number of rotatable bonds is 1. The predicted octanol–water partition coefficient (Wildman–Crippen LogP) is 2.90. The van der Waals surface area contributed by atoms with Gasteiger partial charge in [-0.2, -0.15) is 0 Å². The van der Waals surface area contributed by atoms with Gasteiger partial charge in [0.05, 0.1) is 23.9 Å². The molecule has 90 valence electrons. The minimum Gasteiger partial charge on any atom is -0.370 e. The molecule has 0 aromatic carbocycles. The molecule has 0 spiro atoms. The Balaban J connectivity index is 1.48. The van der Waals surface area contributed by atoms with Crippen molar-refractivity contribution in [3.8, 4) is 0 Å². The summed E-state index contributed by atoms with van der Waals surface area (Å²) in [6.45, 7) is 4.79. The van der Waals surface area contributed by atoms with E-state index >= 15 is 0 Å². The summed E-state index contributed by atoms with van der Waals surface area (Å²) in [7, 11) is 0. The number of fused-ring (bicyclic) bond motifs is 2. The topological polar surface area (TPSA) is 25.1 Å². The Bertz CT molecular complexity index is 329. The Hall–Kier alpha value is -0.0800. The second-order valence-electron chi connectivity index (χ2n) is 7.00. The quantitative estimate of drug-likeness (QED) is 0.637. The average Bonchev–Trinajstić information content (AvgIpc) is 3.09. The molecule has 0 bridgehead atoms. The van der Waals surface area contributed by atoms with Crippen LogP contribution in [0.4, 0.5) is 0 Å². The molecule has 2 heterocycles. The second-order valence-corrected chi connectivity index (χ2v) is 7.00. The van der Waals surface area contributed by atoms with Crippen molar-refractivity contribution in [2.45, 2.75) is 76.3 Å². The van der Waals surface area contributed by atoms with Crippen molar-refractivity contribution < 1.29 is 9.47 Å². The van der Waals surface area contributed by atoms with Crippen LogP contribution in [0.5, 0.6) is 0 Å². The van der Waals surface area contributed by atoms with Gasteiger partial charge in [-0.3, -0.25) is 0 Å². The van der Waals surface area contributed by atoms with E-state index in [1.165, 1.54) is 38.5 Å². The van der Waals surface area contributed by atoms with Crippen LogP contribution in [-0.4, -0.2) is 23.9 Å². The fourth-order valence-electron chi connectivity index (χ4n) is 4.30. The molecular formula is C14H22O2. The fraction of sp³-hybridized carbons (Fsp3) is 1.00. The zero-order chi connectivity index (χ0) is 11.0. The Morgan fingerprint density at radius 2 is 1.94 bits per heavy atom. The Kier molecular flexibility index (Phi) is 1.76. The van der Waals surface area contributed by atoms with Crippen molar-refractivity contribution in [3.63, 3.8) is 0 Å². The SMILES string of the molecule is CC1(C2CCC3(C)OC3C2)CCC2OC2C1. The van der Waals surface area contributed by atoms with Gasteiger partial charge in [0.25, 0.3) is 0 Å². The highest BCUT2D eigenvalue weighted by Gasteiger charge is 2.59. The van der Waals surface area contributed by atoms with Crippen molar-refractivity contribution in [2.75, 3.05) is 0 Å². The van der Waals surface area contributed by atoms with Crippen LogP contribution in [0.2, 0.25) is 0 Å². The van der Waals surface area contributed by atoms with Gasteiger partial charge in [0, 0.05) is 0 Å². The molecule has 0 amide bonds. The molecule has 16 heavy (non-hydrogen) atoms. The first-order chi connectivity index (χ1) is 7.59. The van der Waals surface area contributed by atoms with E-state index < -0.39 is 0 Å². The third-order valence-electron chi connectivity index (χ3n) is 5.86. The van der Waals surface area contributed by atoms with Gasteiger partial charge in [-0.25, -0.2) is 0 Å². The van der Waals surface area contributed by atoms with Crippen LogP contribution < -0.4 is 0 Å². The molecule has 2 aliphatic heterocycles. The zero-order valence-electron chi connectivity index (χ0n) is 10.4. The Morgan fingerprint density at radius 1 is 1.06 bits per heavy atom. The minimum absolute atomic E-state index is 0.278. The summed E-state index contributed by atoms with van der Waals surface area (Å²) < 4.78 is 11.5. The first kappa shape index (κ1) is 9.90. The van der Waals surface area contributed by atoms with Crippen molar-refractivity contribution in [3.05, 3.63) is 0 Å². The van der Waals surface area contributed by atoms with Crippen molar-refractivity contribution in [2.24, 2.45) is 11.3 Å². The lowest BCUT2D eigenvalue weighted by atomic mass is 9.62. The highest BCUT2D eigenvalue weighted by molar-refractivity contribution is 5.08. The molecule has 2 aliphatic carbocycles. The molecule has 4 aliphatic rings. The number of ether oxygens (including phenoxy) is 2. The summed E-state index contributed by atoms with van der Waals surface area (Å²) in [4.78, 5) is 0. The summed E-state index contributed by atoms with van der Waals surface area (Å²) in [5, 5.41) is 0. The lowest BCUT2D eigenvalue weighted by Gasteiger charge is -2.41. The lowest BCUT2D eigenvalue weighted by Crippen LogP contribution is -2.37. The number of hydrogen-bond acceptors (Lipinski definition) is 2. The monoisotopic (exact) mass is 222 g/mol. The van der Waals surface area contributed by atoms with E-state index in [1.807, 2.05) is 0 Å². The van der Waals surface area contributed by atoms with Crippen LogP contribution in [0.25, 0.3) is 0 Å². The fourth-order valence-corrected chi connectivity index (χ4v) is 4.30. The summed E-state index contributed by atoms with van der Waals surface area (Å²) in [5.74, 6) is 0.887. The molecular weight excluding hydrogens is 200 g/mol. The molecule has 6 atom stereocenters. The van der Waals surface area contributed by atoms with E-state index in [4.69, 9.17) is 9.47 Å². The molecule has 4 rings (SSSR count). The van der Waals surface area contributed by atoms with E-state index in [1.54, 1.807) is 0 Å². The van der Waals surface area contributed by atoms with Crippen LogP contribution in [0.15, 0.2) is 0 Å².